The number of aromatic nitrogens is 1. The Balaban J connectivity index is 2.28. The third kappa shape index (κ3) is 2.93. The number of rotatable bonds is 5. The fourth-order valence-electron chi connectivity index (χ4n) is 2.98. The van der Waals surface area contributed by atoms with Crippen molar-refractivity contribution in [2.75, 3.05) is 20.8 Å². The molecule has 0 atom stereocenters. The predicted octanol–water partition coefficient (Wildman–Crippen LogP) is 3.73. The van der Waals surface area contributed by atoms with E-state index in [0.717, 1.165) is 45.6 Å². The highest BCUT2D eigenvalue weighted by molar-refractivity contribution is 5.99. The van der Waals surface area contributed by atoms with Crippen molar-refractivity contribution in [1.82, 2.24) is 4.98 Å². The quantitative estimate of drug-likeness (QED) is 0.777. The lowest BCUT2D eigenvalue weighted by molar-refractivity contribution is 0.416. The third-order valence-corrected chi connectivity index (χ3v) is 4.17. The molecule has 24 heavy (non-hydrogen) atoms. The number of fused-ring (bicyclic) bond motifs is 1. The van der Waals surface area contributed by atoms with Crippen LogP contribution in [0.15, 0.2) is 42.5 Å². The maximum atomic E-state index is 5.71. The van der Waals surface area contributed by atoms with Crippen LogP contribution in [-0.4, -0.2) is 25.7 Å². The van der Waals surface area contributed by atoms with Crippen LogP contribution in [0.5, 0.6) is 11.5 Å². The van der Waals surface area contributed by atoms with Crippen molar-refractivity contribution >= 4 is 10.9 Å². The van der Waals surface area contributed by atoms with Crippen LogP contribution in [0.2, 0.25) is 0 Å². The summed E-state index contributed by atoms with van der Waals surface area (Å²) in [5.41, 5.74) is 10.8. The van der Waals surface area contributed by atoms with Gasteiger partial charge < -0.3 is 15.2 Å². The number of ether oxygens (including phenoxy) is 2. The molecule has 0 radical (unpaired) electrons. The van der Waals surface area contributed by atoms with Gasteiger partial charge in [0.2, 0.25) is 0 Å². The second-order valence-electron chi connectivity index (χ2n) is 5.74. The Labute approximate surface area is 142 Å². The standard InChI is InChI=1S/C20H22N2O2/c1-13-4-6-16-15(7-9-19(24-3)20(16)22-13)17-12-14(10-11-21)5-8-18(17)23-2/h4-9,12H,10-11,21H2,1-3H3. The maximum absolute atomic E-state index is 5.71. The van der Waals surface area contributed by atoms with E-state index < -0.39 is 0 Å². The zero-order valence-electron chi connectivity index (χ0n) is 14.3. The van der Waals surface area contributed by atoms with Crippen LogP contribution in [0.1, 0.15) is 11.3 Å². The van der Waals surface area contributed by atoms with Crippen LogP contribution in [0, 0.1) is 6.92 Å². The fourth-order valence-corrected chi connectivity index (χ4v) is 2.98. The second kappa shape index (κ2) is 6.89. The Morgan fingerprint density at radius 3 is 2.38 bits per heavy atom. The van der Waals surface area contributed by atoms with E-state index in [9.17, 15) is 0 Å². The van der Waals surface area contributed by atoms with Crippen molar-refractivity contribution in [2.45, 2.75) is 13.3 Å². The molecule has 0 aliphatic heterocycles. The van der Waals surface area contributed by atoms with E-state index in [-0.39, 0.29) is 0 Å². The Morgan fingerprint density at radius 1 is 0.917 bits per heavy atom. The molecule has 1 aromatic heterocycles. The summed E-state index contributed by atoms with van der Waals surface area (Å²) in [6.07, 6.45) is 0.836. The highest BCUT2D eigenvalue weighted by atomic mass is 16.5. The smallest absolute Gasteiger partial charge is 0.145 e. The molecule has 0 fully saturated rings. The van der Waals surface area contributed by atoms with E-state index in [0.29, 0.717) is 6.54 Å². The van der Waals surface area contributed by atoms with Gasteiger partial charge in [0.25, 0.3) is 0 Å². The van der Waals surface area contributed by atoms with Crippen molar-refractivity contribution in [3.8, 4) is 22.6 Å². The molecule has 0 bridgehead atoms. The number of benzene rings is 2. The lowest BCUT2D eigenvalue weighted by atomic mass is 9.96. The molecule has 0 aliphatic rings. The van der Waals surface area contributed by atoms with E-state index in [1.54, 1.807) is 14.2 Å². The highest BCUT2D eigenvalue weighted by Gasteiger charge is 2.14. The molecule has 2 aromatic carbocycles. The molecule has 1 heterocycles. The molecule has 4 heteroatoms. The first-order chi connectivity index (χ1) is 11.7. The minimum Gasteiger partial charge on any atom is -0.496 e. The largest absolute Gasteiger partial charge is 0.496 e. The average Bonchev–Trinajstić information content (AvgIpc) is 2.61. The van der Waals surface area contributed by atoms with Crippen molar-refractivity contribution in [2.24, 2.45) is 5.73 Å². The van der Waals surface area contributed by atoms with Gasteiger partial charge in [-0.25, -0.2) is 4.98 Å². The minimum atomic E-state index is 0.621. The number of hydrogen-bond acceptors (Lipinski definition) is 4. The summed E-state index contributed by atoms with van der Waals surface area (Å²) in [4.78, 5) is 4.66. The van der Waals surface area contributed by atoms with Gasteiger partial charge in [0.05, 0.1) is 14.2 Å². The van der Waals surface area contributed by atoms with Gasteiger partial charge in [-0.2, -0.15) is 0 Å². The molecule has 124 valence electrons. The maximum Gasteiger partial charge on any atom is 0.145 e. The SMILES string of the molecule is COc1ccc(CCN)cc1-c1ccc(OC)c2nc(C)ccc12. The molecular formula is C20H22N2O2. The predicted molar refractivity (Wildman–Crippen MR) is 97.8 cm³/mol. The van der Waals surface area contributed by atoms with Gasteiger partial charge >= 0.3 is 0 Å². The first kappa shape index (κ1) is 16.3. The topological polar surface area (TPSA) is 57.4 Å². The molecule has 3 rings (SSSR count). The summed E-state index contributed by atoms with van der Waals surface area (Å²) < 4.78 is 11.1. The molecular weight excluding hydrogens is 300 g/mol. The summed E-state index contributed by atoms with van der Waals surface area (Å²) >= 11 is 0. The van der Waals surface area contributed by atoms with Gasteiger partial charge in [0.1, 0.15) is 17.0 Å². The van der Waals surface area contributed by atoms with E-state index in [1.165, 1.54) is 5.56 Å². The highest BCUT2D eigenvalue weighted by Crippen LogP contribution is 2.38. The third-order valence-electron chi connectivity index (χ3n) is 4.17. The van der Waals surface area contributed by atoms with Gasteiger partial charge in [-0.1, -0.05) is 12.1 Å². The van der Waals surface area contributed by atoms with Gasteiger partial charge in [0.15, 0.2) is 0 Å². The van der Waals surface area contributed by atoms with Gasteiger partial charge in [-0.05, 0) is 61.3 Å². The monoisotopic (exact) mass is 322 g/mol. The number of hydrogen-bond donors (Lipinski definition) is 1. The molecule has 0 saturated carbocycles. The number of nitrogens with zero attached hydrogens (tertiary/aromatic N) is 1. The van der Waals surface area contributed by atoms with Gasteiger partial charge in [0, 0.05) is 16.6 Å². The van der Waals surface area contributed by atoms with Gasteiger partial charge in [-0.15, -0.1) is 0 Å². The Hall–Kier alpha value is -2.59. The van der Waals surface area contributed by atoms with Crippen LogP contribution in [0.4, 0.5) is 0 Å². The van der Waals surface area contributed by atoms with Crippen LogP contribution in [0.3, 0.4) is 0 Å². The van der Waals surface area contributed by atoms with E-state index >= 15 is 0 Å². The normalized spacial score (nSPS) is 10.8. The number of aryl methyl sites for hydroxylation is 1. The Kier molecular flexibility index (Phi) is 4.67. The zero-order valence-corrected chi connectivity index (χ0v) is 14.3. The first-order valence-corrected chi connectivity index (χ1v) is 7.99. The fraction of sp³-hybridized carbons (Fsp3) is 0.250. The summed E-state index contributed by atoms with van der Waals surface area (Å²) in [5, 5.41) is 1.04. The van der Waals surface area contributed by atoms with Gasteiger partial charge in [-0.3, -0.25) is 0 Å². The lowest BCUT2D eigenvalue weighted by Gasteiger charge is -2.14. The zero-order chi connectivity index (χ0) is 17.1. The van der Waals surface area contributed by atoms with Crippen molar-refractivity contribution in [3.05, 3.63) is 53.7 Å². The average molecular weight is 322 g/mol. The van der Waals surface area contributed by atoms with Crippen molar-refractivity contribution < 1.29 is 9.47 Å². The van der Waals surface area contributed by atoms with Crippen LogP contribution in [0.25, 0.3) is 22.0 Å². The molecule has 0 unspecified atom stereocenters. The van der Waals surface area contributed by atoms with E-state index in [4.69, 9.17) is 15.2 Å². The van der Waals surface area contributed by atoms with E-state index in [2.05, 4.69) is 29.2 Å². The number of methoxy groups -OCH3 is 2. The molecule has 3 aromatic rings. The Morgan fingerprint density at radius 2 is 1.67 bits per heavy atom. The molecule has 0 amide bonds. The summed E-state index contributed by atoms with van der Waals surface area (Å²) in [6, 6.07) is 14.3. The summed E-state index contributed by atoms with van der Waals surface area (Å²) in [7, 11) is 3.36. The molecule has 4 nitrogen and oxygen atoms in total. The first-order valence-electron chi connectivity index (χ1n) is 7.99. The molecule has 0 saturated heterocycles. The number of nitrogens with two attached hydrogens (primary N) is 1. The van der Waals surface area contributed by atoms with Crippen LogP contribution >= 0.6 is 0 Å². The molecule has 0 aliphatic carbocycles. The van der Waals surface area contributed by atoms with Crippen LogP contribution < -0.4 is 15.2 Å². The van der Waals surface area contributed by atoms with Crippen molar-refractivity contribution in [1.29, 1.82) is 0 Å². The minimum absolute atomic E-state index is 0.621. The van der Waals surface area contributed by atoms with E-state index in [1.807, 2.05) is 25.1 Å². The summed E-state index contributed by atoms with van der Waals surface area (Å²) in [6.45, 7) is 2.60. The molecule has 2 N–H and O–H groups in total. The number of pyridine rings is 1. The summed E-state index contributed by atoms with van der Waals surface area (Å²) in [5.74, 6) is 1.61. The lowest BCUT2D eigenvalue weighted by Crippen LogP contribution is -2.03. The second-order valence-corrected chi connectivity index (χ2v) is 5.74. The molecule has 0 spiro atoms. The Bertz CT molecular complexity index is 875. The van der Waals surface area contributed by atoms with Crippen molar-refractivity contribution in [3.63, 3.8) is 0 Å². The van der Waals surface area contributed by atoms with Crippen LogP contribution in [-0.2, 0) is 6.42 Å².